The van der Waals surface area contributed by atoms with Crippen molar-refractivity contribution in [3.05, 3.63) is 29.8 Å². The average molecular weight is 259 g/mol. The molecule has 1 heterocycles. The van der Waals surface area contributed by atoms with Crippen LogP contribution in [0.3, 0.4) is 0 Å². The van der Waals surface area contributed by atoms with E-state index in [9.17, 15) is 9.90 Å². The highest BCUT2D eigenvalue weighted by atomic mass is 16.3. The summed E-state index contributed by atoms with van der Waals surface area (Å²) in [5.41, 5.74) is 2.38. The van der Waals surface area contributed by atoms with Gasteiger partial charge in [-0.1, -0.05) is 12.1 Å². The number of anilines is 1. The zero-order chi connectivity index (χ0) is 13.2. The molecule has 19 heavy (non-hydrogen) atoms. The van der Waals surface area contributed by atoms with Gasteiger partial charge in [-0.15, -0.1) is 0 Å². The molecule has 1 saturated heterocycles. The molecule has 1 aliphatic heterocycles. The number of hydrogen-bond donors (Lipinski definition) is 1. The summed E-state index contributed by atoms with van der Waals surface area (Å²) in [7, 11) is 0. The van der Waals surface area contributed by atoms with Crippen LogP contribution in [-0.2, 0) is 4.79 Å². The second-order valence-corrected chi connectivity index (χ2v) is 5.75. The van der Waals surface area contributed by atoms with Crippen LogP contribution < -0.4 is 4.90 Å². The van der Waals surface area contributed by atoms with Gasteiger partial charge in [0.15, 0.2) is 0 Å². The normalized spacial score (nSPS) is 27.8. The molecule has 102 valence electrons. The molecule has 2 fully saturated rings. The number of rotatable bonds is 2. The van der Waals surface area contributed by atoms with E-state index in [1.807, 2.05) is 4.90 Å². The van der Waals surface area contributed by atoms with Crippen LogP contribution in [0.15, 0.2) is 24.3 Å². The Morgan fingerprint density at radius 2 is 1.74 bits per heavy atom. The van der Waals surface area contributed by atoms with Crippen molar-refractivity contribution in [3.8, 4) is 0 Å². The summed E-state index contributed by atoms with van der Waals surface area (Å²) in [5.74, 6) is 0.820. The highest BCUT2D eigenvalue weighted by Crippen LogP contribution is 2.34. The predicted molar refractivity (Wildman–Crippen MR) is 75.2 cm³/mol. The number of hydrogen-bond acceptors (Lipinski definition) is 2. The SMILES string of the molecule is O=C1CCCN1c1ccc(C2CCC(O)CC2)cc1. The van der Waals surface area contributed by atoms with Gasteiger partial charge in [-0.25, -0.2) is 0 Å². The van der Waals surface area contributed by atoms with E-state index in [2.05, 4.69) is 24.3 Å². The van der Waals surface area contributed by atoms with Gasteiger partial charge >= 0.3 is 0 Å². The first-order chi connectivity index (χ1) is 9.24. The highest BCUT2D eigenvalue weighted by molar-refractivity contribution is 5.95. The van der Waals surface area contributed by atoms with Crippen LogP contribution in [0, 0.1) is 0 Å². The summed E-state index contributed by atoms with van der Waals surface area (Å²) in [6, 6.07) is 8.46. The first-order valence-electron chi connectivity index (χ1n) is 7.32. The van der Waals surface area contributed by atoms with Crippen molar-refractivity contribution >= 4 is 11.6 Å². The molecule has 0 unspecified atom stereocenters. The molecule has 0 bridgehead atoms. The molecule has 3 heteroatoms. The Bertz CT molecular complexity index is 446. The summed E-state index contributed by atoms with van der Waals surface area (Å²) < 4.78 is 0. The van der Waals surface area contributed by atoms with Crippen molar-refractivity contribution in [2.45, 2.75) is 50.5 Å². The third-order valence-corrected chi connectivity index (χ3v) is 4.45. The predicted octanol–water partition coefficient (Wildman–Crippen LogP) is 2.83. The minimum Gasteiger partial charge on any atom is -0.393 e. The third-order valence-electron chi connectivity index (χ3n) is 4.45. The van der Waals surface area contributed by atoms with Crippen molar-refractivity contribution in [1.29, 1.82) is 0 Å². The molecule has 2 aliphatic rings. The fourth-order valence-corrected chi connectivity index (χ4v) is 3.26. The van der Waals surface area contributed by atoms with Crippen LogP contribution in [0.4, 0.5) is 5.69 Å². The Kier molecular flexibility index (Phi) is 3.56. The lowest BCUT2D eigenvalue weighted by Gasteiger charge is -2.26. The number of aliphatic hydroxyl groups is 1. The Balaban J connectivity index is 1.70. The van der Waals surface area contributed by atoms with Crippen LogP contribution in [0.5, 0.6) is 0 Å². The summed E-state index contributed by atoms with van der Waals surface area (Å²) >= 11 is 0. The standard InChI is InChI=1S/C16H21NO2/c18-15-9-5-13(6-10-15)12-3-7-14(8-4-12)17-11-1-2-16(17)19/h3-4,7-8,13,15,18H,1-2,5-6,9-11H2. The number of amides is 1. The lowest BCUT2D eigenvalue weighted by Crippen LogP contribution is -2.23. The number of benzene rings is 1. The minimum absolute atomic E-state index is 0.0993. The van der Waals surface area contributed by atoms with E-state index in [1.165, 1.54) is 5.56 Å². The van der Waals surface area contributed by atoms with E-state index in [4.69, 9.17) is 0 Å². The van der Waals surface area contributed by atoms with Gasteiger partial charge in [0, 0.05) is 18.7 Å². The van der Waals surface area contributed by atoms with Crippen LogP contribution in [0.25, 0.3) is 0 Å². The average Bonchev–Trinajstić information content (AvgIpc) is 2.86. The van der Waals surface area contributed by atoms with Gasteiger partial charge in [-0.2, -0.15) is 0 Å². The van der Waals surface area contributed by atoms with Crippen molar-refractivity contribution in [2.75, 3.05) is 11.4 Å². The van der Waals surface area contributed by atoms with Crippen molar-refractivity contribution < 1.29 is 9.90 Å². The van der Waals surface area contributed by atoms with Crippen molar-refractivity contribution in [2.24, 2.45) is 0 Å². The van der Waals surface area contributed by atoms with Crippen LogP contribution in [0.2, 0.25) is 0 Å². The highest BCUT2D eigenvalue weighted by Gasteiger charge is 2.23. The van der Waals surface area contributed by atoms with E-state index >= 15 is 0 Å². The third kappa shape index (κ3) is 2.66. The summed E-state index contributed by atoms with van der Waals surface area (Å²) in [4.78, 5) is 13.6. The number of aliphatic hydroxyl groups excluding tert-OH is 1. The lowest BCUT2D eigenvalue weighted by molar-refractivity contribution is -0.117. The van der Waals surface area contributed by atoms with Crippen molar-refractivity contribution in [1.82, 2.24) is 0 Å². The Hall–Kier alpha value is -1.35. The molecular weight excluding hydrogens is 238 g/mol. The molecule has 1 aromatic carbocycles. The molecule has 0 atom stereocenters. The Morgan fingerprint density at radius 3 is 2.32 bits per heavy atom. The maximum atomic E-state index is 11.7. The zero-order valence-corrected chi connectivity index (χ0v) is 11.2. The molecule has 0 spiro atoms. The van der Waals surface area contributed by atoms with Gasteiger partial charge in [-0.05, 0) is 55.7 Å². The summed E-state index contributed by atoms with van der Waals surface area (Å²) in [6.07, 6.45) is 5.53. The van der Waals surface area contributed by atoms with E-state index in [-0.39, 0.29) is 12.0 Å². The van der Waals surface area contributed by atoms with E-state index < -0.39 is 0 Å². The topological polar surface area (TPSA) is 40.5 Å². The van der Waals surface area contributed by atoms with Crippen LogP contribution in [-0.4, -0.2) is 23.7 Å². The quantitative estimate of drug-likeness (QED) is 0.887. The van der Waals surface area contributed by atoms with Crippen molar-refractivity contribution in [3.63, 3.8) is 0 Å². The molecule has 1 aromatic rings. The zero-order valence-electron chi connectivity index (χ0n) is 11.2. The second kappa shape index (κ2) is 5.33. The maximum Gasteiger partial charge on any atom is 0.227 e. The fourth-order valence-electron chi connectivity index (χ4n) is 3.26. The Labute approximate surface area is 114 Å². The van der Waals surface area contributed by atoms with E-state index in [0.717, 1.165) is 44.3 Å². The minimum atomic E-state index is -0.0993. The Morgan fingerprint density at radius 1 is 1.05 bits per heavy atom. The second-order valence-electron chi connectivity index (χ2n) is 5.75. The molecule has 3 rings (SSSR count). The van der Waals surface area contributed by atoms with Gasteiger partial charge in [0.25, 0.3) is 0 Å². The first kappa shape index (κ1) is 12.7. The monoisotopic (exact) mass is 259 g/mol. The van der Waals surface area contributed by atoms with Gasteiger partial charge in [-0.3, -0.25) is 4.79 Å². The van der Waals surface area contributed by atoms with Gasteiger partial charge in [0.1, 0.15) is 0 Å². The molecule has 1 aliphatic carbocycles. The molecule has 0 aromatic heterocycles. The van der Waals surface area contributed by atoms with Gasteiger partial charge < -0.3 is 10.0 Å². The molecule has 0 radical (unpaired) electrons. The number of carbonyl (C=O) groups excluding carboxylic acids is 1. The van der Waals surface area contributed by atoms with E-state index in [0.29, 0.717) is 12.3 Å². The fraction of sp³-hybridized carbons (Fsp3) is 0.562. The van der Waals surface area contributed by atoms with E-state index in [1.54, 1.807) is 0 Å². The number of carbonyl (C=O) groups is 1. The largest absolute Gasteiger partial charge is 0.393 e. The molecule has 3 nitrogen and oxygen atoms in total. The molecular formula is C16H21NO2. The van der Waals surface area contributed by atoms with Crippen LogP contribution in [0.1, 0.15) is 50.0 Å². The van der Waals surface area contributed by atoms with Crippen LogP contribution >= 0.6 is 0 Å². The first-order valence-corrected chi connectivity index (χ1v) is 7.32. The smallest absolute Gasteiger partial charge is 0.227 e. The molecule has 1 saturated carbocycles. The lowest BCUT2D eigenvalue weighted by atomic mass is 9.83. The van der Waals surface area contributed by atoms with Gasteiger partial charge in [0.2, 0.25) is 5.91 Å². The van der Waals surface area contributed by atoms with Gasteiger partial charge in [0.05, 0.1) is 6.10 Å². The maximum absolute atomic E-state index is 11.7. The number of nitrogens with zero attached hydrogens (tertiary/aromatic N) is 1. The molecule has 1 N–H and O–H groups in total. The molecule has 1 amide bonds. The summed E-state index contributed by atoms with van der Waals surface area (Å²) in [6.45, 7) is 0.855. The summed E-state index contributed by atoms with van der Waals surface area (Å²) in [5, 5.41) is 9.55.